The lowest BCUT2D eigenvalue weighted by Crippen LogP contribution is -2.34. The van der Waals surface area contributed by atoms with E-state index in [-0.39, 0.29) is 17.9 Å². The van der Waals surface area contributed by atoms with Crippen LogP contribution >= 0.6 is 11.6 Å². The van der Waals surface area contributed by atoms with Gasteiger partial charge in [0.1, 0.15) is 5.75 Å². The Labute approximate surface area is 124 Å². The minimum atomic E-state index is -0.0928. The van der Waals surface area contributed by atoms with Gasteiger partial charge in [-0.05, 0) is 37.5 Å². The van der Waals surface area contributed by atoms with Crippen molar-refractivity contribution >= 4 is 23.2 Å². The molecule has 1 aliphatic rings. The number of benzene rings is 1. The number of hydrogen-bond donors (Lipinski definition) is 2. The molecule has 1 fully saturated rings. The zero-order valence-corrected chi connectivity index (χ0v) is 12.5. The second kappa shape index (κ2) is 6.95. The standard InChI is InChI=1S/C15H21ClN2O2/c1-2-8-20-14-7-6-10(9-12(14)16)18-15(19)11-4-3-5-13(11)17/h6-7,9,11,13H,2-5,8,17H2,1H3,(H,18,19). The smallest absolute Gasteiger partial charge is 0.229 e. The SMILES string of the molecule is CCCOc1ccc(NC(=O)C2CCCC2N)cc1Cl. The monoisotopic (exact) mass is 296 g/mol. The van der Waals surface area contributed by atoms with Crippen molar-refractivity contribution in [2.45, 2.75) is 38.6 Å². The maximum absolute atomic E-state index is 12.1. The van der Waals surface area contributed by atoms with E-state index in [1.165, 1.54) is 0 Å². The molecule has 0 bridgehead atoms. The summed E-state index contributed by atoms with van der Waals surface area (Å²) in [6, 6.07) is 5.26. The molecule has 2 atom stereocenters. The molecule has 2 unspecified atom stereocenters. The zero-order chi connectivity index (χ0) is 14.5. The number of carbonyl (C=O) groups excluding carboxylic acids is 1. The Hall–Kier alpha value is -1.26. The van der Waals surface area contributed by atoms with E-state index in [2.05, 4.69) is 5.32 Å². The molecule has 1 aromatic rings. The molecule has 20 heavy (non-hydrogen) atoms. The van der Waals surface area contributed by atoms with Crippen LogP contribution in [0, 0.1) is 5.92 Å². The topological polar surface area (TPSA) is 64.3 Å². The average Bonchev–Trinajstić information content (AvgIpc) is 2.84. The third-order valence-corrected chi connectivity index (χ3v) is 3.86. The number of hydrogen-bond acceptors (Lipinski definition) is 3. The van der Waals surface area contributed by atoms with E-state index in [1.807, 2.05) is 6.92 Å². The van der Waals surface area contributed by atoms with Crippen molar-refractivity contribution in [1.82, 2.24) is 0 Å². The summed E-state index contributed by atoms with van der Waals surface area (Å²) < 4.78 is 5.50. The van der Waals surface area contributed by atoms with E-state index in [1.54, 1.807) is 18.2 Å². The molecule has 5 heteroatoms. The van der Waals surface area contributed by atoms with Crippen LogP contribution in [-0.4, -0.2) is 18.6 Å². The van der Waals surface area contributed by atoms with Crippen molar-refractivity contribution in [3.05, 3.63) is 23.2 Å². The first-order chi connectivity index (χ1) is 9.61. The van der Waals surface area contributed by atoms with Crippen LogP contribution in [0.3, 0.4) is 0 Å². The van der Waals surface area contributed by atoms with Gasteiger partial charge < -0.3 is 15.8 Å². The van der Waals surface area contributed by atoms with Gasteiger partial charge in [0.2, 0.25) is 5.91 Å². The molecule has 1 aromatic carbocycles. The average molecular weight is 297 g/mol. The van der Waals surface area contributed by atoms with Crippen LogP contribution in [0.2, 0.25) is 5.02 Å². The van der Waals surface area contributed by atoms with Crippen molar-refractivity contribution in [3.63, 3.8) is 0 Å². The highest BCUT2D eigenvalue weighted by Gasteiger charge is 2.30. The van der Waals surface area contributed by atoms with E-state index in [9.17, 15) is 4.79 Å². The third-order valence-electron chi connectivity index (χ3n) is 3.57. The largest absolute Gasteiger partial charge is 0.492 e. The lowest BCUT2D eigenvalue weighted by molar-refractivity contribution is -0.120. The number of carbonyl (C=O) groups is 1. The van der Waals surface area contributed by atoms with Crippen LogP contribution in [0.25, 0.3) is 0 Å². The summed E-state index contributed by atoms with van der Waals surface area (Å²) in [6.45, 7) is 2.66. The molecule has 1 aliphatic carbocycles. The van der Waals surface area contributed by atoms with Crippen LogP contribution in [0.1, 0.15) is 32.6 Å². The zero-order valence-electron chi connectivity index (χ0n) is 11.7. The second-order valence-electron chi connectivity index (χ2n) is 5.18. The first-order valence-corrected chi connectivity index (χ1v) is 7.48. The summed E-state index contributed by atoms with van der Waals surface area (Å²) in [6.07, 6.45) is 3.72. The fraction of sp³-hybridized carbons (Fsp3) is 0.533. The summed E-state index contributed by atoms with van der Waals surface area (Å²) in [7, 11) is 0. The van der Waals surface area contributed by atoms with Crippen LogP contribution in [-0.2, 0) is 4.79 Å². The summed E-state index contributed by atoms with van der Waals surface area (Å²) in [4.78, 5) is 12.1. The molecule has 1 saturated carbocycles. The molecule has 0 radical (unpaired) electrons. The van der Waals surface area contributed by atoms with Crippen molar-refractivity contribution in [3.8, 4) is 5.75 Å². The molecule has 0 aromatic heterocycles. The summed E-state index contributed by atoms with van der Waals surface area (Å²) in [5.74, 6) is 0.530. The Bertz CT molecular complexity index is 479. The number of halogens is 1. The summed E-state index contributed by atoms with van der Waals surface area (Å²) in [5.41, 5.74) is 6.62. The molecule has 0 heterocycles. The fourth-order valence-electron chi connectivity index (χ4n) is 2.46. The van der Waals surface area contributed by atoms with Gasteiger partial charge in [0.15, 0.2) is 0 Å². The van der Waals surface area contributed by atoms with Gasteiger partial charge >= 0.3 is 0 Å². The molecule has 110 valence electrons. The van der Waals surface area contributed by atoms with Gasteiger partial charge in [0.25, 0.3) is 0 Å². The fourth-order valence-corrected chi connectivity index (χ4v) is 2.69. The molecule has 3 N–H and O–H groups in total. The lowest BCUT2D eigenvalue weighted by atomic mass is 10.0. The van der Waals surface area contributed by atoms with Gasteiger partial charge in [0.05, 0.1) is 17.5 Å². The first-order valence-electron chi connectivity index (χ1n) is 7.10. The number of anilines is 1. The highest BCUT2D eigenvalue weighted by atomic mass is 35.5. The predicted octanol–water partition coefficient (Wildman–Crippen LogP) is 3.19. The number of nitrogens with two attached hydrogens (primary N) is 1. The predicted molar refractivity (Wildman–Crippen MR) is 81.2 cm³/mol. The van der Waals surface area contributed by atoms with Gasteiger partial charge in [-0.15, -0.1) is 0 Å². The minimum absolute atomic E-state index is 0.0201. The Balaban J connectivity index is 1.99. The number of amides is 1. The molecular formula is C15H21ClN2O2. The molecule has 2 rings (SSSR count). The first kappa shape index (κ1) is 15.1. The summed E-state index contributed by atoms with van der Waals surface area (Å²) >= 11 is 6.14. The van der Waals surface area contributed by atoms with E-state index in [0.29, 0.717) is 23.1 Å². The molecule has 1 amide bonds. The van der Waals surface area contributed by atoms with Crippen molar-refractivity contribution in [2.75, 3.05) is 11.9 Å². The van der Waals surface area contributed by atoms with Crippen LogP contribution in [0.15, 0.2) is 18.2 Å². The molecular weight excluding hydrogens is 276 g/mol. The normalized spacial score (nSPS) is 21.8. The lowest BCUT2D eigenvalue weighted by Gasteiger charge is -2.16. The Morgan fingerprint density at radius 2 is 2.30 bits per heavy atom. The van der Waals surface area contributed by atoms with Crippen LogP contribution < -0.4 is 15.8 Å². The second-order valence-corrected chi connectivity index (χ2v) is 5.59. The molecule has 0 saturated heterocycles. The van der Waals surface area contributed by atoms with E-state index >= 15 is 0 Å². The highest BCUT2D eigenvalue weighted by Crippen LogP contribution is 2.29. The van der Waals surface area contributed by atoms with Crippen LogP contribution in [0.5, 0.6) is 5.75 Å². The van der Waals surface area contributed by atoms with Crippen molar-refractivity contribution in [1.29, 1.82) is 0 Å². The van der Waals surface area contributed by atoms with E-state index < -0.39 is 0 Å². The van der Waals surface area contributed by atoms with Gasteiger partial charge in [-0.3, -0.25) is 4.79 Å². The Kier molecular flexibility index (Phi) is 5.26. The molecule has 4 nitrogen and oxygen atoms in total. The Morgan fingerprint density at radius 1 is 1.50 bits per heavy atom. The molecule has 0 spiro atoms. The van der Waals surface area contributed by atoms with E-state index in [4.69, 9.17) is 22.1 Å². The van der Waals surface area contributed by atoms with Crippen molar-refractivity contribution < 1.29 is 9.53 Å². The van der Waals surface area contributed by atoms with Crippen LogP contribution in [0.4, 0.5) is 5.69 Å². The molecule has 0 aliphatic heterocycles. The van der Waals surface area contributed by atoms with Gasteiger partial charge in [-0.1, -0.05) is 24.9 Å². The number of ether oxygens (including phenoxy) is 1. The quantitative estimate of drug-likeness (QED) is 0.877. The minimum Gasteiger partial charge on any atom is -0.492 e. The van der Waals surface area contributed by atoms with Crippen molar-refractivity contribution in [2.24, 2.45) is 11.7 Å². The maximum Gasteiger partial charge on any atom is 0.229 e. The number of nitrogens with one attached hydrogen (secondary N) is 1. The van der Waals surface area contributed by atoms with Gasteiger partial charge in [-0.25, -0.2) is 0 Å². The van der Waals surface area contributed by atoms with Gasteiger partial charge in [0, 0.05) is 11.7 Å². The van der Waals surface area contributed by atoms with Gasteiger partial charge in [-0.2, -0.15) is 0 Å². The highest BCUT2D eigenvalue weighted by molar-refractivity contribution is 6.32. The number of rotatable bonds is 5. The third kappa shape index (κ3) is 3.64. The Morgan fingerprint density at radius 3 is 2.90 bits per heavy atom. The van der Waals surface area contributed by atoms with E-state index in [0.717, 1.165) is 25.7 Å². The summed E-state index contributed by atoms with van der Waals surface area (Å²) in [5, 5.41) is 3.39. The maximum atomic E-state index is 12.1.